The molecule has 0 aliphatic rings. The van der Waals surface area contributed by atoms with Crippen molar-refractivity contribution in [2.45, 2.75) is 24.1 Å². The van der Waals surface area contributed by atoms with Crippen molar-refractivity contribution < 1.29 is 9.53 Å². The van der Waals surface area contributed by atoms with Gasteiger partial charge in [0.15, 0.2) is 10.1 Å². The number of nitrogens with one attached hydrogen (secondary N) is 2. The van der Waals surface area contributed by atoms with Crippen molar-refractivity contribution in [3.63, 3.8) is 0 Å². The van der Waals surface area contributed by atoms with Gasteiger partial charge < -0.3 is 15.4 Å². The number of amides is 1. The molecule has 0 aliphatic carbocycles. The van der Waals surface area contributed by atoms with E-state index in [1.54, 1.807) is 0 Å². The number of hydrogen-bond acceptors (Lipinski definition) is 7. The molecule has 0 atom stereocenters. The lowest BCUT2D eigenvalue weighted by Gasteiger charge is -2.11. The molecule has 0 aliphatic heterocycles. The lowest BCUT2D eigenvalue weighted by Crippen LogP contribution is -2.14. The number of nitrogens with zero attached hydrogens (tertiary/aromatic N) is 2. The van der Waals surface area contributed by atoms with Crippen molar-refractivity contribution in [3.8, 4) is 11.5 Å². The zero-order valence-corrected chi connectivity index (χ0v) is 20.0. The maximum absolute atomic E-state index is 12.5. The van der Waals surface area contributed by atoms with Crippen LogP contribution in [0, 0.1) is 0 Å². The highest BCUT2D eigenvalue weighted by Gasteiger charge is 2.12. The summed E-state index contributed by atoms with van der Waals surface area (Å²) in [6, 6.07) is 25.1. The van der Waals surface area contributed by atoms with Crippen LogP contribution in [0.15, 0.2) is 83.2 Å². The zero-order valence-electron chi connectivity index (χ0n) is 18.3. The molecule has 6 nitrogen and oxygen atoms in total. The third kappa shape index (κ3) is 6.57. The van der Waals surface area contributed by atoms with Crippen molar-refractivity contribution in [3.05, 3.63) is 84.4 Å². The predicted molar refractivity (Wildman–Crippen MR) is 136 cm³/mol. The summed E-state index contributed by atoms with van der Waals surface area (Å²) in [6.07, 6.45) is 0. The minimum Gasteiger partial charge on any atom is -0.455 e. The second kappa shape index (κ2) is 11.0. The highest BCUT2D eigenvalue weighted by atomic mass is 32.2. The number of carbonyl (C=O) groups is 1. The Hall–Kier alpha value is -3.36. The summed E-state index contributed by atoms with van der Waals surface area (Å²) in [4.78, 5) is 12.5. The molecule has 4 rings (SSSR count). The number of para-hydroxylation sites is 3. The van der Waals surface area contributed by atoms with Gasteiger partial charge in [-0.15, -0.1) is 10.2 Å². The van der Waals surface area contributed by atoms with Crippen molar-refractivity contribution in [2.24, 2.45) is 0 Å². The van der Waals surface area contributed by atoms with Crippen LogP contribution < -0.4 is 15.4 Å². The highest BCUT2D eigenvalue weighted by molar-refractivity contribution is 8.01. The number of benzene rings is 3. The van der Waals surface area contributed by atoms with Gasteiger partial charge in [-0.05, 0) is 47.9 Å². The number of aromatic nitrogens is 2. The molecule has 3 aromatic carbocycles. The van der Waals surface area contributed by atoms with Gasteiger partial charge >= 0.3 is 0 Å². The van der Waals surface area contributed by atoms with Gasteiger partial charge in [0.2, 0.25) is 11.0 Å². The van der Waals surface area contributed by atoms with E-state index < -0.39 is 0 Å². The van der Waals surface area contributed by atoms with E-state index in [0.29, 0.717) is 28.2 Å². The lowest BCUT2D eigenvalue weighted by atomic mass is 10.0. The van der Waals surface area contributed by atoms with Crippen LogP contribution in [-0.4, -0.2) is 21.9 Å². The first-order chi connectivity index (χ1) is 16.1. The summed E-state index contributed by atoms with van der Waals surface area (Å²) in [6.45, 7) is 4.34. The molecule has 1 amide bonds. The van der Waals surface area contributed by atoms with Crippen molar-refractivity contribution >= 4 is 45.5 Å². The summed E-state index contributed by atoms with van der Waals surface area (Å²) in [5.41, 5.74) is 2.87. The Balaban J connectivity index is 1.31. The summed E-state index contributed by atoms with van der Waals surface area (Å²) in [7, 11) is 0. The van der Waals surface area contributed by atoms with Crippen LogP contribution in [0.2, 0.25) is 0 Å². The van der Waals surface area contributed by atoms with E-state index in [9.17, 15) is 4.79 Å². The maximum Gasteiger partial charge on any atom is 0.234 e. The number of hydrogen-bond donors (Lipinski definition) is 2. The average Bonchev–Trinajstić information content (AvgIpc) is 3.27. The largest absolute Gasteiger partial charge is 0.455 e. The summed E-state index contributed by atoms with van der Waals surface area (Å²) in [5.74, 6) is 1.87. The minimum absolute atomic E-state index is 0.141. The first-order valence-electron chi connectivity index (χ1n) is 10.5. The second-order valence-electron chi connectivity index (χ2n) is 7.52. The number of rotatable bonds is 9. The number of thioether (sulfide) groups is 1. The van der Waals surface area contributed by atoms with Crippen LogP contribution in [0.3, 0.4) is 0 Å². The molecule has 0 saturated heterocycles. The molecule has 0 fully saturated rings. The van der Waals surface area contributed by atoms with E-state index in [-0.39, 0.29) is 11.7 Å². The summed E-state index contributed by atoms with van der Waals surface area (Å²) in [5, 5.41) is 15.2. The maximum atomic E-state index is 12.5. The monoisotopic (exact) mass is 476 g/mol. The van der Waals surface area contributed by atoms with Gasteiger partial charge in [-0.3, -0.25) is 4.79 Å². The Kier molecular flexibility index (Phi) is 7.59. The smallest absolute Gasteiger partial charge is 0.234 e. The topological polar surface area (TPSA) is 76.1 Å². The molecule has 0 saturated carbocycles. The number of ether oxygens (including phenoxy) is 1. The molecule has 8 heteroatoms. The predicted octanol–water partition coefficient (Wildman–Crippen LogP) is 6.93. The van der Waals surface area contributed by atoms with Crippen LogP contribution in [-0.2, 0) is 4.79 Å². The van der Waals surface area contributed by atoms with Gasteiger partial charge in [0.25, 0.3) is 0 Å². The highest BCUT2D eigenvalue weighted by Crippen LogP contribution is 2.31. The molecule has 1 aromatic heterocycles. The van der Waals surface area contributed by atoms with E-state index in [2.05, 4.69) is 46.8 Å². The number of anilines is 3. The van der Waals surface area contributed by atoms with Gasteiger partial charge in [-0.1, -0.05) is 79.4 Å². The van der Waals surface area contributed by atoms with E-state index in [4.69, 9.17) is 4.74 Å². The molecule has 1 heterocycles. The van der Waals surface area contributed by atoms with Crippen LogP contribution in [0.5, 0.6) is 11.5 Å². The van der Waals surface area contributed by atoms with Crippen molar-refractivity contribution in [1.29, 1.82) is 0 Å². The molecule has 33 heavy (non-hydrogen) atoms. The fourth-order valence-electron chi connectivity index (χ4n) is 2.98. The first kappa shape index (κ1) is 22.8. The Morgan fingerprint density at radius 2 is 1.70 bits per heavy atom. The molecule has 0 spiro atoms. The molecule has 168 valence electrons. The van der Waals surface area contributed by atoms with Gasteiger partial charge in [0.05, 0.1) is 11.4 Å². The van der Waals surface area contributed by atoms with Gasteiger partial charge in [-0.2, -0.15) is 0 Å². The molecular formula is C25H24N4O2S2. The van der Waals surface area contributed by atoms with Crippen LogP contribution in [0.4, 0.5) is 16.5 Å². The van der Waals surface area contributed by atoms with Crippen LogP contribution in [0.25, 0.3) is 0 Å². The Labute approximate surface area is 201 Å². The Morgan fingerprint density at radius 3 is 2.45 bits per heavy atom. The van der Waals surface area contributed by atoms with Crippen molar-refractivity contribution in [2.75, 3.05) is 16.4 Å². The Morgan fingerprint density at radius 1 is 0.970 bits per heavy atom. The molecule has 4 aromatic rings. The zero-order chi connectivity index (χ0) is 23.0. The normalized spacial score (nSPS) is 10.8. The first-order valence-corrected chi connectivity index (χ1v) is 12.3. The quantitative estimate of drug-likeness (QED) is 0.255. The van der Waals surface area contributed by atoms with Gasteiger partial charge in [0, 0.05) is 5.69 Å². The van der Waals surface area contributed by atoms with Gasteiger partial charge in [0.1, 0.15) is 5.75 Å². The van der Waals surface area contributed by atoms with Gasteiger partial charge in [-0.25, -0.2) is 0 Å². The van der Waals surface area contributed by atoms with E-state index in [1.807, 2.05) is 66.7 Å². The molecule has 2 N–H and O–H groups in total. The SMILES string of the molecule is CC(C)c1ccc(Nc2nnc(SCC(=O)Nc3ccccc3Oc3ccccc3)s2)cc1. The minimum atomic E-state index is -0.141. The molecule has 0 bridgehead atoms. The fraction of sp³-hybridized carbons (Fsp3) is 0.160. The number of carbonyl (C=O) groups excluding carboxylic acids is 1. The summed E-state index contributed by atoms with van der Waals surface area (Å²) < 4.78 is 6.63. The fourth-order valence-corrected chi connectivity index (χ4v) is 4.55. The van der Waals surface area contributed by atoms with Crippen LogP contribution >= 0.6 is 23.1 Å². The van der Waals surface area contributed by atoms with E-state index in [1.165, 1.54) is 28.7 Å². The second-order valence-corrected chi connectivity index (χ2v) is 9.72. The third-order valence-corrected chi connectivity index (χ3v) is 6.67. The Bertz CT molecular complexity index is 1190. The third-order valence-electron chi connectivity index (χ3n) is 4.69. The van der Waals surface area contributed by atoms with Crippen molar-refractivity contribution in [1.82, 2.24) is 10.2 Å². The van der Waals surface area contributed by atoms with E-state index in [0.717, 1.165) is 10.0 Å². The van der Waals surface area contributed by atoms with Crippen LogP contribution in [0.1, 0.15) is 25.3 Å². The molecule has 0 unspecified atom stereocenters. The van der Waals surface area contributed by atoms with E-state index >= 15 is 0 Å². The molecular weight excluding hydrogens is 452 g/mol. The average molecular weight is 477 g/mol. The standard InChI is InChI=1S/C25H24N4O2S2/c1-17(2)18-12-14-19(15-13-18)26-24-28-29-25(33-24)32-16-23(30)27-21-10-6-7-11-22(21)31-20-8-4-3-5-9-20/h3-15,17H,16H2,1-2H3,(H,26,28)(H,27,30). The molecule has 0 radical (unpaired) electrons. The summed E-state index contributed by atoms with van der Waals surface area (Å²) >= 11 is 2.76. The lowest BCUT2D eigenvalue weighted by molar-refractivity contribution is -0.113.